The fraction of sp³-hybridized carbons (Fsp3) is 0.273. The molecule has 1 aromatic heterocycles. The Morgan fingerprint density at radius 2 is 1.96 bits per heavy atom. The molecular weight excluding hydrogens is 356 g/mol. The molecule has 3 rings (SSSR count). The molecule has 0 aliphatic rings. The molecule has 1 N–H and O–H groups in total. The third-order valence-corrected chi connectivity index (χ3v) is 4.09. The van der Waals surface area contributed by atoms with E-state index in [2.05, 4.69) is 10.3 Å². The van der Waals surface area contributed by atoms with Gasteiger partial charge in [0.25, 0.3) is 0 Å². The van der Waals surface area contributed by atoms with Crippen LogP contribution in [-0.2, 0) is 22.7 Å². The first-order valence-corrected chi connectivity index (χ1v) is 9.25. The second kappa shape index (κ2) is 9.71. The Morgan fingerprint density at radius 3 is 2.75 bits per heavy atom. The first-order valence-electron chi connectivity index (χ1n) is 9.25. The van der Waals surface area contributed by atoms with Crippen molar-refractivity contribution in [3.63, 3.8) is 0 Å². The second-order valence-electron chi connectivity index (χ2n) is 6.23. The highest BCUT2D eigenvalue weighted by Gasteiger charge is 2.12. The molecule has 0 atom stereocenters. The van der Waals surface area contributed by atoms with Gasteiger partial charge in [-0.2, -0.15) is 0 Å². The number of carbonyl (C=O) groups is 1. The minimum atomic E-state index is -0.259. The number of benzene rings is 2. The molecule has 146 valence electrons. The molecule has 0 unspecified atom stereocenters. The lowest BCUT2D eigenvalue weighted by Crippen LogP contribution is -2.24. The Hall–Kier alpha value is -3.12. The van der Waals surface area contributed by atoms with Crippen LogP contribution in [0.2, 0.25) is 0 Å². The predicted octanol–water partition coefficient (Wildman–Crippen LogP) is 3.88. The highest BCUT2D eigenvalue weighted by Crippen LogP contribution is 2.23. The van der Waals surface area contributed by atoms with E-state index in [1.165, 1.54) is 0 Å². The van der Waals surface area contributed by atoms with E-state index in [-0.39, 0.29) is 12.5 Å². The van der Waals surface area contributed by atoms with Gasteiger partial charge in [0.2, 0.25) is 5.89 Å². The number of oxazole rings is 1. The average Bonchev–Trinajstić information content (AvgIpc) is 3.08. The number of hydrogen-bond acceptors (Lipinski definition) is 6. The summed E-state index contributed by atoms with van der Waals surface area (Å²) in [7, 11) is 0. The van der Waals surface area contributed by atoms with Crippen molar-refractivity contribution in [2.24, 2.45) is 0 Å². The zero-order valence-corrected chi connectivity index (χ0v) is 16.1. The summed E-state index contributed by atoms with van der Waals surface area (Å²) in [6.07, 6.45) is 0. The van der Waals surface area contributed by atoms with E-state index in [1.807, 2.05) is 61.5 Å². The zero-order valence-electron chi connectivity index (χ0n) is 16.1. The molecule has 6 heteroatoms. The van der Waals surface area contributed by atoms with Crippen LogP contribution >= 0.6 is 0 Å². The van der Waals surface area contributed by atoms with Crippen LogP contribution < -0.4 is 10.1 Å². The van der Waals surface area contributed by atoms with Crippen LogP contribution in [0.15, 0.2) is 59.0 Å². The number of carbonyl (C=O) groups excluding carboxylic acids is 1. The standard InChI is InChI=1S/C22H24N2O4/c1-3-26-21(25)14-23-13-17-8-7-11-19(12-17)27-15-20-16(2)28-22(24-20)18-9-5-4-6-10-18/h4-12,23H,3,13-15H2,1-2H3. The highest BCUT2D eigenvalue weighted by atomic mass is 16.5. The van der Waals surface area contributed by atoms with E-state index in [9.17, 15) is 4.79 Å². The van der Waals surface area contributed by atoms with Crippen LogP contribution in [0.25, 0.3) is 11.5 Å². The van der Waals surface area contributed by atoms with Gasteiger partial charge in [-0.05, 0) is 43.7 Å². The van der Waals surface area contributed by atoms with Gasteiger partial charge >= 0.3 is 5.97 Å². The summed E-state index contributed by atoms with van der Waals surface area (Å²) < 4.78 is 16.5. The van der Waals surface area contributed by atoms with Crippen molar-refractivity contribution in [2.75, 3.05) is 13.2 Å². The SMILES string of the molecule is CCOC(=O)CNCc1cccc(OCc2nc(-c3ccccc3)oc2C)c1. The van der Waals surface area contributed by atoms with Crippen LogP contribution in [0, 0.1) is 6.92 Å². The molecule has 3 aromatic rings. The number of nitrogens with zero attached hydrogens (tertiary/aromatic N) is 1. The van der Waals surface area contributed by atoms with Crippen LogP contribution in [0.5, 0.6) is 5.75 Å². The number of esters is 1. The third kappa shape index (κ3) is 5.44. The maximum absolute atomic E-state index is 11.4. The van der Waals surface area contributed by atoms with Gasteiger partial charge in [0.15, 0.2) is 0 Å². The van der Waals surface area contributed by atoms with Crippen LogP contribution in [0.4, 0.5) is 0 Å². The molecule has 6 nitrogen and oxygen atoms in total. The quantitative estimate of drug-likeness (QED) is 0.568. The molecule has 0 aliphatic carbocycles. The predicted molar refractivity (Wildman–Crippen MR) is 106 cm³/mol. The van der Waals surface area contributed by atoms with Gasteiger partial charge in [-0.15, -0.1) is 0 Å². The van der Waals surface area contributed by atoms with Crippen LogP contribution in [-0.4, -0.2) is 24.1 Å². The van der Waals surface area contributed by atoms with Gasteiger partial charge in [0.1, 0.15) is 23.8 Å². The maximum atomic E-state index is 11.4. The number of hydrogen-bond donors (Lipinski definition) is 1. The third-order valence-electron chi connectivity index (χ3n) is 4.09. The van der Waals surface area contributed by atoms with Gasteiger partial charge in [-0.25, -0.2) is 4.98 Å². The summed E-state index contributed by atoms with van der Waals surface area (Å²) in [4.78, 5) is 15.9. The minimum Gasteiger partial charge on any atom is -0.487 e. The minimum absolute atomic E-state index is 0.180. The largest absolute Gasteiger partial charge is 0.487 e. The fourth-order valence-electron chi connectivity index (χ4n) is 2.68. The molecule has 0 bridgehead atoms. The maximum Gasteiger partial charge on any atom is 0.319 e. The van der Waals surface area contributed by atoms with Gasteiger partial charge in [-0.3, -0.25) is 4.79 Å². The molecule has 0 aliphatic heterocycles. The van der Waals surface area contributed by atoms with E-state index in [0.717, 1.165) is 28.3 Å². The lowest BCUT2D eigenvalue weighted by molar-refractivity contribution is -0.142. The highest BCUT2D eigenvalue weighted by molar-refractivity contribution is 5.71. The lowest BCUT2D eigenvalue weighted by atomic mass is 10.2. The summed E-state index contributed by atoms with van der Waals surface area (Å²) in [6.45, 7) is 5.11. The summed E-state index contributed by atoms with van der Waals surface area (Å²) in [5.41, 5.74) is 2.72. The van der Waals surface area contributed by atoms with Crippen LogP contribution in [0.1, 0.15) is 23.9 Å². The van der Waals surface area contributed by atoms with Crippen molar-refractivity contribution < 1.29 is 18.7 Å². The van der Waals surface area contributed by atoms with Crippen molar-refractivity contribution in [2.45, 2.75) is 27.0 Å². The number of aryl methyl sites for hydroxylation is 1. The van der Waals surface area contributed by atoms with E-state index >= 15 is 0 Å². The molecule has 2 aromatic carbocycles. The number of nitrogens with one attached hydrogen (secondary N) is 1. The van der Waals surface area contributed by atoms with Gasteiger partial charge in [-0.1, -0.05) is 30.3 Å². The topological polar surface area (TPSA) is 73.6 Å². The van der Waals surface area contributed by atoms with Crippen molar-refractivity contribution in [3.8, 4) is 17.2 Å². The Morgan fingerprint density at radius 1 is 1.14 bits per heavy atom. The summed E-state index contributed by atoms with van der Waals surface area (Å²) in [6, 6.07) is 17.5. The molecule has 0 fully saturated rings. The van der Waals surface area contributed by atoms with Crippen LogP contribution in [0.3, 0.4) is 0 Å². The van der Waals surface area contributed by atoms with E-state index < -0.39 is 0 Å². The Labute approximate surface area is 164 Å². The molecule has 0 radical (unpaired) electrons. The molecule has 0 amide bonds. The second-order valence-corrected chi connectivity index (χ2v) is 6.23. The van der Waals surface area contributed by atoms with Gasteiger partial charge in [0.05, 0.1) is 13.2 Å². The molecule has 0 saturated carbocycles. The Balaban J connectivity index is 1.56. The Kier molecular flexibility index (Phi) is 6.81. The molecule has 0 spiro atoms. The monoisotopic (exact) mass is 380 g/mol. The van der Waals surface area contributed by atoms with Gasteiger partial charge in [0, 0.05) is 12.1 Å². The number of aromatic nitrogens is 1. The van der Waals surface area contributed by atoms with E-state index in [1.54, 1.807) is 6.92 Å². The van der Waals surface area contributed by atoms with Crippen molar-refractivity contribution in [1.82, 2.24) is 10.3 Å². The molecule has 28 heavy (non-hydrogen) atoms. The lowest BCUT2D eigenvalue weighted by Gasteiger charge is -2.08. The van der Waals surface area contributed by atoms with E-state index in [4.69, 9.17) is 13.9 Å². The summed E-state index contributed by atoms with van der Waals surface area (Å²) in [5.74, 6) is 1.81. The first kappa shape index (κ1) is 19.6. The van der Waals surface area contributed by atoms with Crippen molar-refractivity contribution in [3.05, 3.63) is 71.6 Å². The van der Waals surface area contributed by atoms with E-state index in [0.29, 0.717) is 25.6 Å². The molecular formula is C22H24N2O4. The molecule has 0 saturated heterocycles. The normalized spacial score (nSPS) is 10.6. The number of rotatable bonds is 9. The van der Waals surface area contributed by atoms with Crippen molar-refractivity contribution in [1.29, 1.82) is 0 Å². The fourth-order valence-corrected chi connectivity index (χ4v) is 2.68. The zero-order chi connectivity index (χ0) is 19.8. The van der Waals surface area contributed by atoms with Gasteiger partial charge < -0.3 is 19.2 Å². The van der Waals surface area contributed by atoms with Crippen molar-refractivity contribution >= 4 is 5.97 Å². The Bertz CT molecular complexity index is 906. The average molecular weight is 380 g/mol. The smallest absolute Gasteiger partial charge is 0.319 e. The summed E-state index contributed by atoms with van der Waals surface area (Å²) >= 11 is 0. The molecule has 1 heterocycles. The number of ether oxygens (including phenoxy) is 2. The summed E-state index contributed by atoms with van der Waals surface area (Å²) in [5, 5.41) is 3.06. The first-order chi connectivity index (χ1) is 13.7.